The lowest BCUT2D eigenvalue weighted by molar-refractivity contribution is 0.0493. The van der Waals surface area contributed by atoms with Gasteiger partial charge < -0.3 is 34.9 Å². The molecule has 2 aliphatic heterocycles. The van der Waals surface area contributed by atoms with Crippen molar-refractivity contribution in [3.63, 3.8) is 0 Å². The van der Waals surface area contributed by atoms with Crippen LogP contribution in [0.5, 0.6) is 5.75 Å². The zero-order chi connectivity index (χ0) is 33.6. The van der Waals surface area contributed by atoms with Gasteiger partial charge in [0.1, 0.15) is 22.8 Å². The number of amides is 2. The minimum Gasteiger partial charge on any atom is -0.508 e. The predicted octanol–water partition coefficient (Wildman–Crippen LogP) is 5.27. The average molecular weight is 651 g/mol. The quantitative estimate of drug-likeness (QED) is 0.147. The van der Waals surface area contributed by atoms with Gasteiger partial charge in [-0.05, 0) is 61.5 Å². The van der Waals surface area contributed by atoms with Crippen LogP contribution in [0.1, 0.15) is 49.5 Å². The van der Waals surface area contributed by atoms with Crippen LogP contribution < -0.4 is 21.0 Å². The van der Waals surface area contributed by atoms with Crippen molar-refractivity contribution in [3.8, 4) is 5.75 Å². The maximum atomic E-state index is 13.6. The molecule has 48 heavy (non-hydrogen) atoms. The van der Waals surface area contributed by atoms with Crippen LogP contribution in [0.3, 0.4) is 0 Å². The summed E-state index contributed by atoms with van der Waals surface area (Å²) in [6.45, 7) is 11.5. The predicted molar refractivity (Wildman–Crippen MR) is 181 cm³/mol. The summed E-state index contributed by atoms with van der Waals surface area (Å²) < 4.78 is 5.92. The Hall–Kier alpha value is -5.40. The summed E-state index contributed by atoms with van der Waals surface area (Å²) in [5.41, 5.74) is 4.67. The number of hydrogen-bond donors (Lipinski definition) is 5. The number of piperazine rings is 1. The van der Waals surface area contributed by atoms with Crippen molar-refractivity contribution in [3.05, 3.63) is 89.8 Å². The lowest BCUT2D eigenvalue weighted by atomic mass is 9.92. The Bertz CT molecular complexity index is 2040. The number of ketones is 1. The summed E-state index contributed by atoms with van der Waals surface area (Å²) in [4.78, 5) is 48.4. The van der Waals surface area contributed by atoms with Gasteiger partial charge in [0.25, 0.3) is 0 Å². The number of hydrogen-bond acceptors (Lipinski definition) is 10. The number of phenolic OH excluding ortho intramolecular Hbond substituents is 1. The molecular formula is C35H38N8O5. The van der Waals surface area contributed by atoms with Gasteiger partial charge in [0.05, 0.1) is 5.69 Å². The van der Waals surface area contributed by atoms with Crippen molar-refractivity contribution in [1.29, 1.82) is 0 Å². The van der Waals surface area contributed by atoms with Gasteiger partial charge >= 0.3 is 6.03 Å². The highest BCUT2D eigenvalue weighted by molar-refractivity contribution is 6.10. The molecule has 1 saturated heterocycles. The third-order valence-electron chi connectivity index (χ3n) is 8.63. The number of carbonyl (C=O) groups is 2. The molecule has 2 aliphatic rings. The number of urea groups is 1. The van der Waals surface area contributed by atoms with E-state index in [1.807, 2.05) is 26.8 Å². The summed E-state index contributed by atoms with van der Waals surface area (Å²) >= 11 is 0. The highest BCUT2D eigenvalue weighted by atomic mass is 16.7. The van der Waals surface area contributed by atoms with Crippen LogP contribution in [0.2, 0.25) is 0 Å². The number of nitrogens with zero attached hydrogens (tertiary/aromatic N) is 4. The zero-order valence-electron chi connectivity index (χ0n) is 27.3. The first kappa shape index (κ1) is 31.2. The molecule has 0 aliphatic carbocycles. The topological polar surface area (TPSA) is 161 Å². The molecule has 0 radical (unpaired) electrons. The minimum atomic E-state index is -0.880. The molecule has 0 bridgehead atoms. The Morgan fingerprint density at radius 3 is 2.54 bits per heavy atom. The molecule has 2 amide bonds. The Morgan fingerprint density at radius 2 is 1.81 bits per heavy atom. The monoisotopic (exact) mass is 650 g/mol. The number of carbonyl (C=O) groups excluding carboxylic acids is 2. The third kappa shape index (κ3) is 6.29. The molecule has 13 nitrogen and oxygen atoms in total. The Morgan fingerprint density at radius 1 is 1.04 bits per heavy atom. The minimum absolute atomic E-state index is 0.155. The molecule has 3 aromatic heterocycles. The number of aromatic amines is 1. The molecule has 0 spiro atoms. The number of fused-ring (bicyclic) bond motifs is 2. The standard InChI is InChI=1S/C35H38N8O5/c1-34(2,3)30-19-35(4,41-48-30)40-33(46)38-22-6-9-28-21(16-22)17-29(47-28)31(45)26-18-23-24(27(44)8-7-25(23)39-26)20-42-12-14-43(15-13-42)32-36-10-5-11-37-32/h5-11,16-19,39,41,44H,12-15,20H2,1-4H3,(H2,38,40,46). The maximum absolute atomic E-state index is 13.6. The smallest absolute Gasteiger partial charge is 0.321 e. The number of furan rings is 1. The lowest BCUT2D eigenvalue weighted by Crippen LogP contribution is -2.53. The van der Waals surface area contributed by atoms with Crippen molar-refractivity contribution in [2.24, 2.45) is 5.41 Å². The van der Waals surface area contributed by atoms with Crippen LogP contribution in [-0.2, 0) is 11.4 Å². The number of phenols is 1. The van der Waals surface area contributed by atoms with Gasteiger partial charge in [-0.25, -0.2) is 14.8 Å². The lowest BCUT2D eigenvalue weighted by Gasteiger charge is -2.34. The molecule has 2 aromatic carbocycles. The molecule has 0 saturated carbocycles. The highest BCUT2D eigenvalue weighted by Crippen LogP contribution is 2.33. The van der Waals surface area contributed by atoms with Gasteiger partial charge in [0.2, 0.25) is 11.7 Å². The van der Waals surface area contributed by atoms with Crippen molar-refractivity contribution in [2.75, 3.05) is 36.4 Å². The van der Waals surface area contributed by atoms with E-state index in [2.05, 4.69) is 40.9 Å². The van der Waals surface area contributed by atoms with E-state index in [9.17, 15) is 14.7 Å². The second kappa shape index (κ2) is 12.0. The maximum Gasteiger partial charge on any atom is 0.321 e. The zero-order valence-corrected chi connectivity index (χ0v) is 27.3. The van der Waals surface area contributed by atoms with E-state index in [0.29, 0.717) is 34.8 Å². The van der Waals surface area contributed by atoms with Gasteiger partial charge in [-0.1, -0.05) is 20.8 Å². The summed E-state index contributed by atoms with van der Waals surface area (Å²) in [5.74, 6) is 1.46. The second-order valence-electron chi connectivity index (χ2n) is 13.5. The van der Waals surface area contributed by atoms with Crippen molar-refractivity contribution in [2.45, 2.75) is 39.9 Å². The molecule has 1 atom stereocenters. The summed E-state index contributed by atoms with van der Waals surface area (Å²) in [6.07, 6.45) is 5.33. The van der Waals surface area contributed by atoms with E-state index in [1.54, 1.807) is 67.8 Å². The van der Waals surface area contributed by atoms with Crippen LogP contribution in [0.4, 0.5) is 16.4 Å². The van der Waals surface area contributed by atoms with Crippen molar-refractivity contribution >= 4 is 45.3 Å². The number of nitrogens with one attached hydrogen (secondary N) is 4. The summed E-state index contributed by atoms with van der Waals surface area (Å²) in [6, 6.07) is 13.4. The largest absolute Gasteiger partial charge is 0.508 e. The number of allylic oxidation sites excluding steroid dienone is 1. The second-order valence-corrected chi connectivity index (χ2v) is 13.5. The van der Waals surface area contributed by atoms with E-state index in [1.165, 1.54) is 0 Å². The Labute approximate surface area is 276 Å². The molecule has 5 aromatic rings. The van der Waals surface area contributed by atoms with Gasteiger partial charge in [-0.15, -0.1) is 5.48 Å². The first-order valence-electron chi connectivity index (χ1n) is 15.9. The van der Waals surface area contributed by atoms with E-state index in [-0.39, 0.29) is 22.7 Å². The molecule has 1 fully saturated rings. The van der Waals surface area contributed by atoms with Crippen LogP contribution in [0.15, 0.2) is 77.2 Å². The van der Waals surface area contributed by atoms with Gasteiger partial charge in [-0.2, -0.15) is 0 Å². The first-order valence-corrected chi connectivity index (χ1v) is 15.9. The number of H-pyrrole nitrogens is 1. The van der Waals surface area contributed by atoms with Crippen molar-refractivity contribution in [1.82, 2.24) is 30.6 Å². The SMILES string of the molecule is CC1(NC(=O)Nc2ccc3oc(C(=O)c4cc5c(CN6CCN(c7ncccn7)CC6)c(O)ccc5[nH]4)cc3c2)C=C(C(C)(C)C)ON1. The molecule has 5 heterocycles. The Kier molecular flexibility index (Phi) is 7.80. The van der Waals surface area contributed by atoms with E-state index in [0.717, 1.165) is 48.4 Å². The normalized spacial score (nSPS) is 18.6. The molecule has 5 N–H and O–H groups in total. The van der Waals surface area contributed by atoms with E-state index in [4.69, 9.17) is 9.25 Å². The average Bonchev–Trinajstić information content (AvgIpc) is 3.79. The molecule has 7 rings (SSSR count). The van der Waals surface area contributed by atoms with E-state index < -0.39 is 11.7 Å². The van der Waals surface area contributed by atoms with Crippen LogP contribution >= 0.6 is 0 Å². The molecule has 248 valence electrons. The number of benzene rings is 2. The number of hydroxylamine groups is 1. The number of rotatable bonds is 7. The Balaban J connectivity index is 1.04. The van der Waals surface area contributed by atoms with Crippen LogP contribution in [0, 0.1) is 5.41 Å². The molecular weight excluding hydrogens is 612 g/mol. The van der Waals surface area contributed by atoms with Crippen molar-refractivity contribution < 1.29 is 24.0 Å². The van der Waals surface area contributed by atoms with E-state index >= 15 is 0 Å². The number of aromatic hydroxyl groups is 1. The fourth-order valence-electron chi connectivity index (χ4n) is 6.00. The number of aromatic nitrogens is 3. The first-order chi connectivity index (χ1) is 22.9. The summed E-state index contributed by atoms with van der Waals surface area (Å²) in [7, 11) is 0. The van der Waals surface area contributed by atoms with Crippen LogP contribution in [0.25, 0.3) is 21.9 Å². The number of anilines is 2. The fourth-order valence-corrected chi connectivity index (χ4v) is 6.00. The molecule has 1 unspecified atom stereocenters. The van der Waals surface area contributed by atoms with Gasteiger partial charge in [0, 0.05) is 78.1 Å². The third-order valence-corrected chi connectivity index (χ3v) is 8.63. The van der Waals surface area contributed by atoms with Gasteiger partial charge in [-0.3, -0.25) is 9.69 Å². The molecule has 13 heteroatoms. The highest BCUT2D eigenvalue weighted by Gasteiger charge is 2.36. The van der Waals surface area contributed by atoms with Crippen LogP contribution in [-0.4, -0.2) is 68.6 Å². The van der Waals surface area contributed by atoms with Gasteiger partial charge in [0.15, 0.2) is 5.76 Å². The summed E-state index contributed by atoms with van der Waals surface area (Å²) in [5, 5.41) is 18.0. The fraction of sp³-hybridized carbons (Fsp3) is 0.314.